The van der Waals surface area contributed by atoms with Crippen molar-refractivity contribution in [1.82, 2.24) is 0 Å². The molecule has 0 bridgehead atoms. The third kappa shape index (κ3) is 3.00. The minimum Gasteiger partial charge on any atom is -0.480 e. The largest absolute Gasteiger partial charge is 0.480 e. The maximum atomic E-state index is 10.3. The lowest BCUT2D eigenvalue weighted by Crippen LogP contribution is -2.54. The SMILES string of the molecule is C[Si](C)(C)C(O)[C@H](N)C(=O)O. The summed E-state index contributed by atoms with van der Waals surface area (Å²) in [5, 5.41) is 17.8. The van der Waals surface area contributed by atoms with Gasteiger partial charge in [-0.25, -0.2) is 0 Å². The summed E-state index contributed by atoms with van der Waals surface area (Å²) in [6, 6.07) is -1.14. The van der Waals surface area contributed by atoms with E-state index in [-0.39, 0.29) is 0 Å². The van der Waals surface area contributed by atoms with Crippen LogP contribution in [-0.4, -0.2) is 36.0 Å². The Morgan fingerprint density at radius 2 is 1.82 bits per heavy atom. The second-order valence-electron chi connectivity index (χ2n) is 3.67. The zero-order chi connectivity index (χ0) is 9.23. The van der Waals surface area contributed by atoms with E-state index in [9.17, 15) is 9.90 Å². The zero-order valence-electron chi connectivity index (χ0n) is 7.03. The number of hydrogen-bond acceptors (Lipinski definition) is 3. The Hall–Kier alpha value is -0.393. The molecule has 0 aliphatic carbocycles. The summed E-state index contributed by atoms with van der Waals surface area (Å²) in [6.07, 6.45) is 0. The molecule has 0 fully saturated rings. The van der Waals surface area contributed by atoms with Crippen LogP contribution in [0, 0.1) is 0 Å². The van der Waals surface area contributed by atoms with Crippen LogP contribution in [0.1, 0.15) is 0 Å². The summed E-state index contributed by atoms with van der Waals surface area (Å²) < 4.78 is 0. The Bertz CT molecular complexity index is 154. The van der Waals surface area contributed by atoms with Crippen molar-refractivity contribution in [3.05, 3.63) is 0 Å². The van der Waals surface area contributed by atoms with Crippen LogP contribution in [0.3, 0.4) is 0 Å². The second kappa shape index (κ2) is 3.34. The summed E-state index contributed by atoms with van der Waals surface area (Å²) in [5.74, 6) is -1.14. The first-order chi connectivity index (χ1) is 4.76. The van der Waals surface area contributed by atoms with E-state index in [0.29, 0.717) is 0 Å². The van der Waals surface area contributed by atoms with Gasteiger partial charge in [-0.05, 0) is 0 Å². The van der Waals surface area contributed by atoms with E-state index in [1.807, 2.05) is 19.6 Å². The summed E-state index contributed by atoms with van der Waals surface area (Å²) in [7, 11) is -1.84. The van der Waals surface area contributed by atoms with E-state index in [0.717, 1.165) is 0 Å². The molecule has 0 spiro atoms. The van der Waals surface area contributed by atoms with Gasteiger partial charge >= 0.3 is 5.97 Å². The summed E-state index contributed by atoms with van der Waals surface area (Å²) >= 11 is 0. The summed E-state index contributed by atoms with van der Waals surface area (Å²) in [4.78, 5) is 10.3. The summed E-state index contributed by atoms with van der Waals surface area (Å²) in [6.45, 7) is 5.63. The molecule has 11 heavy (non-hydrogen) atoms. The number of carboxylic acids is 1. The molecule has 0 aliphatic rings. The van der Waals surface area contributed by atoms with E-state index in [1.165, 1.54) is 0 Å². The van der Waals surface area contributed by atoms with Gasteiger partial charge in [0.05, 0.1) is 13.8 Å². The highest BCUT2D eigenvalue weighted by Gasteiger charge is 2.33. The van der Waals surface area contributed by atoms with Gasteiger partial charge < -0.3 is 15.9 Å². The number of carbonyl (C=O) groups is 1. The predicted molar refractivity (Wildman–Crippen MR) is 45.0 cm³/mol. The van der Waals surface area contributed by atoms with Crippen LogP contribution in [0.2, 0.25) is 19.6 Å². The van der Waals surface area contributed by atoms with E-state index < -0.39 is 25.8 Å². The normalized spacial score (nSPS) is 17.5. The minimum atomic E-state index is -1.84. The first kappa shape index (κ1) is 10.6. The first-order valence-electron chi connectivity index (χ1n) is 3.43. The number of nitrogens with two attached hydrogens (primary N) is 1. The van der Waals surface area contributed by atoms with Gasteiger partial charge in [-0.1, -0.05) is 19.6 Å². The highest BCUT2D eigenvalue weighted by molar-refractivity contribution is 6.77. The number of hydrogen-bond donors (Lipinski definition) is 3. The third-order valence-corrected chi connectivity index (χ3v) is 3.65. The molecule has 1 unspecified atom stereocenters. The van der Waals surface area contributed by atoms with Crippen molar-refractivity contribution in [2.75, 3.05) is 0 Å². The molecule has 2 atom stereocenters. The molecule has 0 amide bonds. The minimum absolute atomic E-state index is 0.875. The molecule has 4 N–H and O–H groups in total. The van der Waals surface area contributed by atoms with Gasteiger partial charge in [0.1, 0.15) is 6.04 Å². The fraction of sp³-hybridized carbons (Fsp3) is 0.833. The lowest BCUT2D eigenvalue weighted by molar-refractivity contribution is -0.140. The smallest absolute Gasteiger partial charge is 0.322 e. The maximum absolute atomic E-state index is 10.3. The van der Waals surface area contributed by atoms with Crippen LogP contribution in [-0.2, 0) is 4.79 Å². The van der Waals surface area contributed by atoms with Gasteiger partial charge in [0.25, 0.3) is 0 Å². The lowest BCUT2D eigenvalue weighted by Gasteiger charge is -2.26. The molecule has 0 aromatic rings. The van der Waals surface area contributed by atoms with Crippen LogP contribution in [0.5, 0.6) is 0 Å². The Balaban J connectivity index is 4.25. The van der Waals surface area contributed by atoms with Gasteiger partial charge in [-0.15, -0.1) is 0 Å². The quantitative estimate of drug-likeness (QED) is 0.514. The number of rotatable bonds is 3. The fourth-order valence-electron chi connectivity index (χ4n) is 0.674. The van der Waals surface area contributed by atoms with Crippen LogP contribution in [0.25, 0.3) is 0 Å². The van der Waals surface area contributed by atoms with Gasteiger partial charge in [0.2, 0.25) is 0 Å². The Morgan fingerprint density at radius 1 is 1.45 bits per heavy atom. The topological polar surface area (TPSA) is 83.5 Å². The monoisotopic (exact) mass is 177 g/mol. The van der Waals surface area contributed by atoms with Crippen molar-refractivity contribution >= 4 is 14.0 Å². The van der Waals surface area contributed by atoms with E-state index in [1.54, 1.807) is 0 Å². The van der Waals surface area contributed by atoms with Crippen molar-refractivity contribution < 1.29 is 15.0 Å². The molecular formula is C6H15NO3Si. The fourth-order valence-corrected chi connectivity index (χ4v) is 1.89. The van der Waals surface area contributed by atoms with E-state index in [4.69, 9.17) is 10.8 Å². The van der Waals surface area contributed by atoms with Crippen molar-refractivity contribution in [3.8, 4) is 0 Å². The molecule has 0 aromatic heterocycles. The van der Waals surface area contributed by atoms with E-state index in [2.05, 4.69) is 0 Å². The molecule has 0 radical (unpaired) electrons. The predicted octanol–water partition coefficient (Wildman–Crippen LogP) is -0.363. The molecular weight excluding hydrogens is 162 g/mol. The molecule has 0 saturated carbocycles. The third-order valence-electron chi connectivity index (χ3n) is 1.51. The number of aliphatic carboxylic acids is 1. The van der Waals surface area contributed by atoms with Gasteiger partial charge in [0.15, 0.2) is 0 Å². The van der Waals surface area contributed by atoms with Gasteiger partial charge in [0, 0.05) is 0 Å². The molecule has 0 aliphatic heterocycles. The average molecular weight is 177 g/mol. The molecule has 0 aromatic carbocycles. The Kier molecular flexibility index (Phi) is 3.22. The number of carboxylic acid groups (broad SMARTS) is 1. The molecule has 0 rings (SSSR count). The number of aliphatic hydroxyl groups excluding tert-OH is 1. The van der Waals surface area contributed by atoms with Crippen LogP contribution in [0.15, 0.2) is 0 Å². The van der Waals surface area contributed by atoms with Crippen LogP contribution < -0.4 is 5.73 Å². The summed E-state index contributed by atoms with van der Waals surface area (Å²) in [5.41, 5.74) is 4.36. The Labute approximate surface area is 67.0 Å². The van der Waals surface area contributed by atoms with Gasteiger partial charge in [-0.3, -0.25) is 4.79 Å². The molecule has 0 saturated heterocycles. The zero-order valence-corrected chi connectivity index (χ0v) is 8.03. The highest BCUT2D eigenvalue weighted by Crippen LogP contribution is 2.09. The van der Waals surface area contributed by atoms with Crippen molar-refractivity contribution in [3.63, 3.8) is 0 Å². The van der Waals surface area contributed by atoms with Crippen molar-refractivity contribution in [2.24, 2.45) is 5.73 Å². The standard InChI is InChI=1S/C6H15NO3Si/c1-11(2,3)6(10)4(7)5(8)9/h4,6,10H,7H2,1-3H3,(H,8,9)/t4-,6?/m1/s1. The molecule has 0 heterocycles. The first-order valence-corrected chi connectivity index (χ1v) is 7.01. The maximum Gasteiger partial charge on any atom is 0.322 e. The van der Waals surface area contributed by atoms with Crippen LogP contribution in [0.4, 0.5) is 0 Å². The highest BCUT2D eigenvalue weighted by atomic mass is 28.3. The van der Waals surface area contributed by atoms with Crippen molar-refractivity contribution in [2.45, 2.75) is 31.4 Å². The second-order valence-corrected chi connectivity index (χ2v) is 9.00. The lowest BCUT2D eigenvalue weighted by atomic mass is 10.3. The van der Waals surface area contributed by atoms with Crippen molar-refractivity contribution in [1.29, 1.82) is 0 Å². The van der Waals surface area contributed by atoms with E-state index >= 15 is 0 Å². The molecule has 5 heteroatoms. The van der Waals surface area contributed by atoms with Gasteiger partial charge in [-0.2, -0.15) is 0 Å². The molecule has 66 valence electrons. The number of aliphatic hydroxyl groups is 1. The average Bonchev–Trinajstić information content (AvgIpc) is 1.82. The van der Waals surface area contributed by atoms with Crippen LogP contribution >= 0.6 is 0 Å². The Morgan fingerprint density at radius 3 is 1.91 bits per heavy atom. The molecule has 4 nitrogen and oxygen atoms in total.